The van der Waals surface area contributed by atoms with Crippen molar-refractivity contribution in [1.82, 2.24) is 0 Å². The van der Waals surface area contributed by atoms with E-state index in [9.17, 15) is 10.1 Å². The van der Waals surface area contributed by atoms with Crippen LogP contribution in [-0.4, -0.2) is 48.3 Å². The lowest BCUT2D eigenvalue weighted by Gasteiger charge is -2.12. The van der Waals surface area contributed by atoms with E-state index >= 15 is 0 Å². The van der Waals surface area contributed by atoms with Crippen LogP contribution in [0.4, 0.5) is 0 Å². The van der Waals surface area contributed by atoms with E-state index in [2.05, 4.69) is 16.5 Å². The Kier molecular flexibility index (Phi) is 5.84. The molecule has 8 nitrogen and oxygen atoms in total. The number of aliphatic hydroxyl groups excluding tert-OH is 1. The number of fused-ring (bicyclic) bond motifs is 1. The molecule has 8 heteroatoms. The minimum absolute atomic E-state index is 0.000328. The first kappa shape index (κ1) is 13.8. The highest BCUT2D eigenvalue weighted by atomic mass is 17.3. The summed E-state index contributed by atoms with van der Waals surface area (Å²) in [5.74, 6) is 0. The molecule has 0 aromatic rings. The molecule has 2 saturated heterocycles. The maximum absolute atomic E-state index is 9.82. The van der Waals surface area contributed by atoms with Crippen LogP contribution in [0.5, 0.6) is 0 Å². The molecular formula is C9H15NO7. The Morgan fingerprint density at radius 1 is 1.59 bits per heavy atom. The van der Waals surface area contributed by atoms with Crippen molar-refractivity contribution in [2.45, 2.75) is 24.7 Å². The summed E-state index contributed by atoms with van der Waals surface area (Å²) >= 11 is 0. The zero-order valence-corrected chi connectivity index (χ0v) is 9.19. The smallest absolute Gasteiger partial charge is 0.322 e. The van der Waals surface area contributed by atoms with Crippen LogP contribution in [0.2, 0.25) is 0 Å². The van der Waals surface area contributed by atoms with E-state index in [1.165, 1.54) is 6.08 Å². The van der Waals surface area contributed by atoms with Crippen molar-refractivity contribution in [3.63, 3.8) is 0 Å². The Balaban J connectivity index is 0.000000317. The Labute approximate surface area is 97.7 Å². The van der Waals surface area contributed by atoms with Gasteiger partial charge in [-0.25, -0.2) is 0 Å². The second-order valence-electron chi connectivity index (χ2n) is 3.40. The second kappa shape index (κ2) is 7.17. The highest BCUT2D eigenvalue weighted by Gasteiger charge is 2.43. The largest absolute Gasteiger partial charge is 0.392 e. The van der Waals surface area contributed by atoms with Crippen molar-refractivity contribution in [2.75, 3.05) is 19.8 Å². The number of rotatable bonds is 4. The first-order chi connectivity index (χ1) is 8.19. The van der Waals surface area contributed by atoms with Crippen molar-refractivity contribution in [3.8, 4) is 0 Å². The molecule has 17 heavy (non-hydrogen) atoms. The lowest BCUT2D eigenvalue weighted by Crippen LogP contribution is -2.30. The topological polar surface area (TPSA) is 100 Å². The van der Waals surface area contributed by atoms with E-state index in [1.54, 1.807) is 0 Å². The molecule has 1 N–H and O–H groups in total. The van der Waals surface area contributed by atoms with Crippen molar-refractivity contribution >= 4 is 0 Å². The molecule has 2 aliphatic rings. The molecule has 0 aliphatic carbocycles. The van der Waals surface area contributed by atoms with Gasteiger partial charge in [-0.15, -0.1) is 21.7 Å². The molecule has 0 radical (unpaired) electrons. The Bertz CT molecular complexity index is 260. The van der Waals surface area contributed by atoms with Crippen LogP contribution in [0.25, 0.3) is 0 Å². The van der Waals surface area contributed by atoms with Gasteiger partial charge in [0.2, 0.25) is 0 Å². The van der Waals surface area contributed by atoms with Crippen LogP contribution in [0.1, 0.15) is 6.42 Å². The predicted octanol–water partition coefficient (Wildman–Crippen LogP) is -0.153. The van der Waals surface area contributed by atoms with Gasteiger partial charge in [0.25, 0.3) is 0 Å². The first-order valence-corrected chi connectivity index (χ1v) is 5.11. The number of hydrogen-bond acceptors (Lipinski definition) is 7. The molecule has 0 aromatic carbocycles. The zero-order valence-electron chi connectivity index (χ0n) is 9.19. The van der Waals surface area contributed by atoms with Crippen LogP contribution < -0.4 is 0 Å². The van der Waals surface area contributed by atoms with Crippen molar-refractivity contribution < 1.29 is 29.5 Å². The number of nitrogens with zero attached hydrogens (tertiary/aromatic N) is 1. The van der Waals surface area contributed by atoms with Gasteiger partial charge in [-0.3, -0.25) is 0 Å². The van der Waals surface area contributed by atoms with Crippen LogP contribution in [-0.2, 0) is 19.3 Å². The number of hydrogen-bond donors (Lipinski definition) is 1. The fourth-order valence-electron chi connectivity index (χ4n) is 1.60. The molecule has 3 unspecified atom stereocenters. The molecule has 0 spiro atoms. The van der Waals surface area contributed by atoms with E-state index in [1.807, 2.05) is 0 Å². The quantitative estimate of drug-likeness (QED) is 0.320. The van der Waals surface area contributed by atoms with E-state index in [0.717, 1.165) is 6.42 Å². The van der Waals surface area contributed by atoms with E-state index in [4.69, 9.17) is 14.6 Å². The Hall–Kier alpha value is -1.22. The van der Waals surface area contributed by atoms with Crippen molar-refractivity contribution in [2.24, 2.45) is 0 Å². The molecule has 0 amide bonds. The predicted molar refractivity (Wildman–Crippen MR) is 54.3 cm³/mol. The van der Waals surface area contributed by atoms with Gasteiger partial charge in [0, 0.05) is 6.61 Å². The molecule has 2 rings (SSSR count). The molecular weight excluding hydrogens is 234 g/mol. The summed E-state index contributed by atoms with van der Waals surface area (Å²) in [5.41, 5.74) is 0. The minimum Gasteiger partial charge on any atom is -0.392 e. The summed E-state index contributed by atoms with van der Waals surface area (Å²) < 4.78 is 10.5. The van der Waals surface area contributed by atoms with Crippen LogP contribution >= 0.6 is 0 Å². The van der Waals surface area contributed by atoms with Crippen molar-refractivity contribution in [3.05, 3.63) is 22.8 Å². The molecule has 2 fully saturated rings. The summed E-state index contributed by atoms with van der Waals surface area (Å²) in [7, 11) is 0. The highest BCUT2D eigenvalue weighted by molar-refractivity contribution is 4.89. The molecule has 2 heterocycles. The fourth-order valence-corrected chi connectivity index (χ4v) is 1.60. The monoisotopic (exact) mass is 249 g/mol. The van der Waals surface area contributed by atoms with Gasteiger partial charge in [-0.05, 0) is 6.42 Å². The average Bonchev–Trinajstić information content (AvgIpc) is 2.89. The highest BCUT2D eigenvalue weighted by Crippen LogP contribution is 2.28. The summed E-state index contributed by atoms with van der Waals surface area (Å²) in [4.78, 5) is 18.2. The minimum atomic E-state index is -0.998. The molecule has 2 aliphatic heterocycles. The van der Waals surface area contributed by atoms with Gasteiger partial charge < -0.3 is 14.6 Å². The van der Waals surface area contributed by atoms with E-state index in [-0.39, 0.29) is 25.4 Å². The number of ether oxygens (including phenoxy) is 2. The third kappa shape index (κ3) is 4.27. The molecule has 0 bridgehead atoms. The molecule has 0 saturated carbocycles. The van der Waals surface area contributed by atoms with Gasteiger partial charge in [-0.2, -0.15) is 4.89 Å². The van der Waals surface area contributed by atoms with Gasteiger partial charge >= 0.3 is 5.09 Å². The summed E-state index contributed by atoms with van der Waals surface area (Å²) in [6, 6.07) is 0. The fraction of sp³-hybridized carbons (Fsp3) is 0.778. The molecule has 3 atom stereocenters. The van der Waals surface area contributed by atoms with E-state index < -0.39 is 11.2 Å². The van der Waals surface area contributed by atoms with Gasteiger partial charge in [-0.1, -0.05) is 6.08 Å². The summed E-state index contributed by atoms with van der Waals surface area (Å²) in [6.45, 7) is 4.20. The third-order valence-corrected chi connectivity index (χ3v) is 2.28. The Morgan fingerprint density at radius 3 is 2.88 bits per heavy atom. The average molecular weight is 249 g/mol. The molecule has 98 valence electrons. The zero-order chi connectivity index (χ0) is 12.7. The first-order valence-electron chi connectivity index (χ1n) is 5.11. The van der Waals surface area contributed by atoms with Gasteiger partial charge in [0.1, 0.15) is 12.2 Å². The molecule has 0 aromatic heterocycles. The third-order valence-electron chi connectivity index (χ3n) is 2.28. The standard InChI is InChI=1S/C6H9NO6.C3H6O/c8-7(9)13-12-5-3-11-4-1-2-10-6(4)5;1-2-3-4/h4-6H,1-3H2;2,4H,1,3H2. The maximum atomic E-state index is 9.82. The van der Waals surface area contributed by atoms with Crippen molar-refractivity contribution in [1.29, 1.82) is 0 Å². The maximum Gasteiger partial charge on any atom is 0.322 e. The van der Waals surface area contributed by atoms with E-state index in [0.29, 0.717) is 6.61 Å². The van der Waals surface area contributed by atoms with Gasteiger partial charge in [0.15, 0.2) is 0 Å². The lowest BCUT2D eigenvalue weighted by atomic mass is 10.1. The van der Waals surface area contributed by atoms with Gasteiger partial charge in [0.05, 0.1) is 19.3 Å². The lowest BCUT2D eigenvalue weighted by molar-refractivity contribution is -0.855. The normalized spacial score (nSPS) is 30.1. The SMILES string of the molecule is C=CCO.O=[N+]([O-])OOC1COC2CCOC21. The Morgan fingerprint density at radius 2 is 2.29 bits per heavy atom. The summed E-state index contributed by atoms with van der Waals surface area (Å²) in [5, 5.41) is 16.6. The summed E-state index contributed by atoms with van der Waals surface area (Å²) in [6.07, 6.45) is 1.53. The second-order valence-corrected chi connectivity index (χ2v) is 3.40. The number of aliphatic hydroxyl groups is 1. The van der Waals surface area contributed by atoms with Crippen LogP contribution in [0.15, 0.2) is 12.7 Å². The van der Waals surface area contributed by atoms with Crippen LogP contribution in [0.3, 0.4) is 0 Å². The van der Waals surface area contributed by atoms with Crippen LogP contribution in [0, 0.1) is 10.1 Å².